The zero-order chi connectivity index (χ0) is 16.1. The number of carbonyl (C=O) groups excluding carboxylic acids is 1. The molecule has 0 unspecified atom stereocenters. The van der Waals surface area contributed by atoms with E-state index in [0.29, 0.717) is 11.3 Å². The lowest BCUT2D eigenvalue weighted by molar-refractivity contribution is 0.253. The van der Waals surface area contributed by atoms with Gasteiger partial charge in [-0.15, -0.1) is 0 Å². The molecule has 22 heavy (non-hydrogen) atoms. The summed E-state index contributed by atoms with van der Waals surface area (Å²) in [5.74, 6) is 0.426. The number of nitrogens with two attached hydrogens (primary N) is 1. The molecule has 2 amide bonds. The van der Waals surface area contributed by atoms with Crippen LogP contribution in [-0.4, -0.2) is 18.2 Å². The Kier molecular flexibility index (Phi) is 4.49. The van der Waals surface area contributed by atoms with Gasteiger partial charge in [0.15, 0.2) is 0 Å². The Morgan fingerprint density at radius 2 is 2.09 bits per heavy atom. The first kappa shape index (κ1) is 15.2. The van der Waals surface area contributed by atoms with Crippen LogP contribution >= 0.6 is 0 Å². The zero-order valence-corrected chi connectivity index (χ0v) is 12.0. The van der Waals surface area contributed by atoms with Crippen LogP contribution in [0.4, 0.5) is 10.5 Å². The number of benzene rings is 2. The molecule has 0 heterocycles. The Hall–Kier alpha value is -3.20. The van der Waals surface area contributed by atoms with Crippen LogP contribution in [0, 0.1) is 11.3 Å². The number of aromatic hydroxyl groups is 1. The van der Waals surface area contributed by atoms with Crippen molar-refractivity contribution in [2.75, 3.05) is 12.0 Å². The van der Waals surface area contributed by atoms with E-state index in [4.69, 9.17) is 15.7 Å². The number of anilines is 1. The van der Waals surface area contributed by atoms with Gasteiger partial charge in [0.2, 0.25) is 0 Å². The molecule has 0 saturated heterocycles. The number of hydrogen-bond donors (Lipinski definition) is 2. The lowest BCUT2D eigenvalue weighted by Gasteiger charge is -2.22. The third kappa shape index (κ3) is 3.10. The second-order valence-corrected chi connectivity index (χ2v) is 4.55. The van der Waals surface area contributed by atoms with Gasteiger partial charge in [0.25, 0.3) is 0 Å². The summed E-state index contributed by atoms with van der Waals surface area (Å²) >= 11 is 0. The Morgan fingerprint density at radius 1 is 1.36 bits per heavy atom. The highest BCUT2D eigenvalue weighted by atomic mass is 16.5. The Morgan fingerprint density at radius 3 is 2.68 bits per heavy atom. The van der Waals surface area contributed by atoms with Crippen LogP contribution in [0.25, 0.3) is 0 Å². The minimum atomic E-state index is -0.717. The molecule has 2 aromatic carbocycles. The highest BCUT2D eigenvalue weighted by molar-refractivity contribution is 5.92. The van der Waals surface area contributed by atoms with Crippen molar-refractivity contribution in [1.29, 1.82) is 5.26 Å². The molecule has 3 N–H and O–H groups in total. The molecular formula is C16H15N3O3. The fraction of sp³-hybridized carbons (Fsp3) is 0.125. The quantitative estimate of drug-likeness (QED) is 0.904. The van der Waals surface area contributed by atoms with Gasteiger partial charge in [0.05, 0.1) is 31.0 Å². The molecule has 0 fully saturated rings. The van der Waals surface area contributed by atoms with Gasteiger partial charge in [-0.05, 0) is 24.3 Å². The summed E-state index contributed by atoms with van der Waals surface area (Å²) in [6.45, 7) is 0.138. The third-order valence-corrected chi connectivity index (χ3v) is 3.18. The number of methoxy groups -OCH3 is 1. The molecular weight excluding hydrogens is 282 g/mol. The van der Waals surface area contributed by atoms with Crippen molar-refractivity contribution < 1.29 is 14.6 Å². The molecule has 0 aliphatic carbocycles. The van der Waals surface area contributed by atoms with Gasteiger partial charge >= 0.3 is 6.03 Å². The van der Waals surface area contributed by atoms with Crippen LogP contribution in [0.1, 0.15) is 11.1 Å². The van der Waals surface area contributed by atoms with E-state index in [-0.39, 0.29) is 18.0 Å². The number of amides is 2. The van der Waals surface area contributed by atoms with Crippen molar-refractivity contribution in [3.8, 4) is 17.6 Å². The number of carbonyl (C=O) groups is 1. The number of hydrogen-bond acceptors (Lipinski definition) is 4. The maximum absolute atomic E-state index is 11.7. The molecule has 0 atom stereocenters. The maximum atomic E-state index is 11.7. The highest BCUT2D eigenvalue weighted by Crippen LogP contribution is 2.30. The van der Waals surface area contributed by atoms with E-state index in [9.17, 15) is 9.90 Å². The standard InChI is InChI=1S/C16H15N3O3/c1-22-15-5-3-2-4-12(15)10-19(16(18)21)13-7-6-11(9-17)8-14(13)20/h2-8,20H,10H2,1H3,(H2,18,21). The monoisotopic (exact) mass is 297 g/mol. The summed E-state index contributed by atoms with van der Waals surface area (Å²) in [6.07, 6.45) is 0. The molecule has 0 radical (unpaired) electrons. The normalized spacial score (nSPS) is 9.82. The molecule has 0 aliphatic heterocycles. The molecule has 0 spiro atoms. The summed E-state index contributed by atoms with van der Waals surface area (Å²) in [5, 5.41) is 18.8. The predicted molar refractivity (Wildman–Crippen MR) is 81.6 cm³/mol. The van der Waals surface area contributed by atoms with Crippen molar-refractivity contribution in [2.24, 2.45) is 5.73 Å². The fourth-order valence-electron chi connectivity index (χ4n) is 2.11. The van der Waals surface area contributed by atoms with Crippen LogP contribution in [0.15, 0.2) is 42.5 Å². The van der Waals surface area contributed by atoms with E-state index in [2.05, 4.69) is 0 Å². The number of primary amides is 1. The molecule has 0 saturated carbocycles. The number of phenolic OH excluding ortho intramolecular Hbond substituents is 1. The molecule has 0 aromatic heterocycles. The third-order valence-electron chi connectivity index (χ3n) is 3.18. The summed E-state index contributed by atoms with van der Waals surface area (Å²) in [6, 6.07) is 12.7. The van der Waals surface area contributed by atoms with E-state index in [1.54, 1.807) is 12.1 Å². The van der Waals surface area contributed by atoms with Gasteiger partial charge in [-0.2, -0.15) is 5.26 Å². The van der Waals surface area contributed by atoms with E-state index < -0.39 is 6.03 Å². The van der Waals surface area contributed by atoms with Crippen molar-refractivity contribution >= 4 is 11.7 Å². The summed E-state index contributed by atoms with van der Waals surface area (Å²) in [4.78, 5) is 13.0. The number of nitrogens with zero attached hydrogens (tertiary/aromatic N) is 2. The molecule has 6 heteroatoms. The first-order valence-corrected chi connectivity index (χ1v) is 6.48. The molecule has 112 valence electrons. The number of para-hydroxylation sites is 1. The number of rotatable bonds is 4. The van der Waals surface area contributed by atoms with E-state index in [1.165, 1.54) is 30.2 Å². The average Bonchev–Trinajstić information content (AvgIpc) is 2.53. The van der Waals surface area contributed by atoms with Gasteiger partial charge in [0.1, 0.15) is 11.5 Å². The van der Waals surface area contributed by atoms with Crippen LogP contribution in [-0.2, 0) is 6.54 Å². The van der Waals surface area contributed by atoms with E-state index in [1.807, 2.05) is 18.2 Å². The summed E-state index contributed by atoms with van der Waals surface area (Å²) < 4.78 is 5.24. The van der Waals surface area contributed by atoms with Crippen molar-refractivity contribution in [2.45, 2.75) is 6.54 Å². The second-order valence-electron chi connectivity index (χ2n) is 4.55. The predicted octanol–water partition coefficient (Wildman–Crippen LogP) is 2.36. The number of nitriles is 1. The lowest BCUT2D eigenvalue weighted by atomic mass is 10.1. The first-order chi connectivity index (χ1) is 10.6. The van der Waals surface area contributed by atoms with Crippen LogP contribution in [0.3, 0.4) is 0 Å². The van der Waals surface area contributed by atoms with Crippen molar-refractivity contribution in [3.63, 3.8) is 0 Å². The van der Waals surface area contributed by atoms with Crippen LogP contribution in [0.5, 0.6) is 11.5 Å². The summed E-state index contributed by atoms with van der Waals surface area (Å²) in [5.41, 5.74) is 6.69. The highest BCUT2D eigenvalue weighted by Gasteiger charge is 2.18. The number of ether oxygens (including phenoxy) is 1. The smallest absolute Gasteiger partial charge is 0.319 e. The number of urea groups is 1. The minimum Gasteiger partial charge on any atom is -0.506 e. The van der Waals surface area contributed by atoms with Gasteiger partial charge in [0, 0.05) is 5.56 Å². The first-order valence-electron chi connectivity index (χ1n) is 6.48. The van der Waals surface area contributed by atoms with Crippen molar-refractivity contribution in [1.82, 2.24) is 0 Å². The topological polar surface area (TPSA) is 99.6 Å². The molecule has 2 rings (SSSR count). The molecule has 0 bridgehead atoms. The largest absolute Gasteiger partial charge is 0.506 e. The van der Waals surface area contributed by atoms with Crippen LogP contribution in [0.2, 0.25) is 0 Å². The van der Waals surface area contributed by atoms with Gasteiger partial charge < -0.3 is 15.6 Å². The maximum Gasteiger partial charge on any atom is 0.319 e. The van der Waals surface area contributed by atoms with E-state index >= 15 is 0 Å². The Bertz CT molecular complexity index is 738. The lowest BCUT2D eigenvalue weighted by Crippen LogP contribution is -2.35. The molecule has 0 aliphatic rings. The van der Waals surface area contributed by atoms with Gasteiger partial charge in [-0.25, -0.2) is 4.79 Å². The van der Waals surface area contributed by atoms with Gasteiger partial charge in [-0.3, -0.25) is 4.90 Å². The minimum absolute atomic E-state index is 0.138. The Balaban J connectivity index is 2.39. The van der Waals surface area contributed by atoms with Crippen molar-refractivity contribution in [3.05, 3.63) is 53.6 Å². The van der Waals surface area contributed by atoms with Crippen LogP contribution < -0.4 is 15.4 Å². The average molecular weight is 297 g/mol. The second kappa shape index (κ2) is 6.50. The molecule has 2 aromatic rings. The SMILES string of the molecule is COc1ccccc1CN(C(N)=O)c1ccc(C#N)cc1O. The van der Waals surface area contributed by atoms with Gasteiger partial charge in [-0.1, -0.05) is 18.2 Å². The summed E-state index contributed by atoms with van der Waals surface area (Å²) in [7, 11) is 1.53. The van der Waals surface area contributed by atoms with E-state index in [0.717, 1.165) is 5.56 Å². The zero-order valence-electron chi connectivity index (χ0n) is 12.0. The Labute approximate surface area is 128 Å². The fourth-order valence-corrected chi connectivity index (χ4v) is 2.11. The number of phenols is 1. The molecule has 6 nitrogen and oxygen atoms in total.